The van der Waals surface area contributed by atoms with E-state index in [0.29, 0.717) is 6.61 Å². The first-order chi connectivity index (χ1) is 17.1. The second-order valence-corrected chi connectivity index (χ2v) is 10.7. The molecule has 5 N–H and O–H groups in total. The fourth-order valence-electron chi connectivity index (χ4n) is 4.78. The Labute approximate surface area is 220 Å². The molecule has 0 spiro atoms. The first-order valence-corrected chi connectivity index (χ1v) is 15.8. The fraction of sp³-hybridized carbons (Fsp3) is 0.968. The van der Waals surface area contributed by atoms with Gasteiger partial charge in [-0.1, -0.05) is 180 Å². The largest absolute Gasteiger partial charge is 0.396 e. The van der Waals surface area contributed by atoms with E-state index in [1.165, 1.54) is 173 Å². The molecule has 0 aliphatic heterocycles. The normalized spacial score (nSPS) is 10.8. The summed E-state index contributed by atoms with van der Waals surface area (Å²) in [5, 5.41) is 8.76. The maximum atomic E-state index is 9.00. The molecule has 0 aliphatic rings. The Kier molecular flexibility index (Phi) is 36.8. The van der Waals surface area contributed by atoms with Gasteiger partial charge < -0.3 is 16.6 Å². The Balaban J connectivity index is 0. The minimum atomic E-state index is -0.833. The van der Waals surface area contributed by atoms with E-state index in [-0.39, 0.29) is 0 Å². The van der Waals surface area contributed by atoms with Gasteiger partial charge in [0.1, 0.15) is 0 Å². The van der Waals surface area contributed by atoms with E-state index in [0.717, 1.165) is 6.42 Å². The molecule has 0 saturated carbocycles. The second kappa shape index (κ2) is 35.4. The fourth-order valence-corrected chi connectivity index (χ4v) is 4.78. The number of carbonyl (C=O) groups is 1. The summed E-state index contributed by atoms with van der Waals surface area (Å²) in [5.74, 6) is 0. The third-order valence-electron chi connectivity index (χ3n) is 7.01. The molecule has 0 saturated heterocycles. The van der Waals surface area contributed by atoms with Crippen LogP contribution in [-0.4, -0.2) is 17.7 Å². The highest BCUT2D eigenvalue weighted by atomic mass is 16.2. The maximum absolute atomic E-state index is 9.00. The number of aliphatic hydroxyl groups excluding tert-OH is 1. The highest BCUT2D eigenvalue weighted by Crippen LogP contribution is 2.16. The SMILES string of the molecule is CCCCCCCCCCCCCCCCCCCCCCCCCCCCCCO.NC(N)=O. The standard InChI is InChI=1S/C30H62O.CH4N2O/c1-2-3-4-5-6-7-8-9-10-11-12-13-14-15-16-17-18-19-20-21-22-23-24-25-26-27-28-29-30-31;2-1(3)4/h31H,2-30H2,1H3;(H4,2,3,4). The molecule has 4 heteroatoms. The number of hydrogen-bond donors (Lipinski definition) is 3. The van der Waals surface area contributed by atoms with Crippen LogP contribution in [0.2, 0.25) is 0 Å². The number of nitrogens with two attached hydrogens (primary N) is 2. The van der Waals surface area contributed by atoms with Crippen molar-refractivity contribution in [2.45, 2.75) is 187 Å². The summed E-state index contributed by atoms with van der Waals surface area (Å²) in [7, 11) is 0. The third-order valence-corrected chi connectivity index (χ3v) is 7.01. The molecule has 35 heavy (non-hydrogen) atoms. The predicted molar refractivity (Wildman–Crippen MR) is 156 cm³/mol. The monoisotopic (exact) mass is 499 g/mol. The summed E-state index contributed by atoms with van der Waals surface area (Å²) in [4.78, 5) is 9.00. The molecule has 4 nitrogen and oxygen atoms in total. The van der Waals surface area contributed by atoms with Crippen LogP contribution in [0.4, 0.5) is 4.79 Å². The molecule has 0 aromatic heterocycles. The molecular weight excluding hydrogens is 432 g/mol. The zero-order chi connectivity index (χ0) is 26.1. The average molecular weight is 499 g/mol. The van der Waals surface area contributed by atoms with Gasteiger partial charge in [-0.25, -0.2) is 4.79 Å². The molecule has 212 valence electrons. The van der Waals surface area contributed by atoms with Gasteiger partial charge in [0.15, 0.2) is 0 Å². The van der Waals surface area contributed by atoms with Gasteiger partial charge in [-0.05, 0) is 6.42 Å². The Morgan fingerprint density at radius 3 is 0.686 bits per heavy atom. The van der Waals surface area contributed by atoms with Crippen LogP contribution in [0.3, 0.4) is 0 Å². The molecule has 0 aromatic carbocycles. The quantitative estimate of drug-likeness (QED) is 0.0936. The number of amides is 2. The lowest BCUT2D eigenvalue weighted by Gasteiger charge is -2.04. The molecule has 0 heterocycles. The van der Waals surface area contributed by atoms with Crippen molar-refractivity contribution in [3.63, 3.8) is 0 Å². The van der Waals surface area contributed by atoms with Gasteiger partial charge in [0.05, 0.1) is 0 Å². The number of carbonyl (C=O) groups excluding carboxylic acids is 1. The van der Waals surface area contributed by atoms with Crippen LogP contribution in [0.1, 0.15) is 187 Å². The minimum absolute atomic E-state index is 0.374. The van der Waals surface area contributed by atoms with E-state index < -0.39 is 6.03 Å². The number of rotatable bonds is 28. The van der Waals surface area contributed by atoms with Gasteiger partial charge in [-0.3, -0.25) is 0 Å². The van der Waals surface area contributed by atoms with Crippen molar-refractivity contribution in [3.8, 4) is 0 Å². The van der Waals surface area contributed by atoms with Crippen LogP contribution in [0, 0.1) is 0 Å². The Morgan fingerprint density at radius 2 is 0.543 bits per heavy atom. The van der Waals surface area contributed by atoms with Crippen LogP contribution < -0.4 is 11.5 Å². The van der Waals surface area contributed by atoms with Gasteiger partial charge in [-0.15, -0.1) is 0 Å². The Morgan fingerprint density at radius 1 is 0.400 bits per heavy atom. The molecule has 0 bridgehead atoms. The van der Waals surface area contributed by atoms with Crippen molar-refractivity contribution in [3.05, 3.63) is 0 Å². The number of aliphatic hydroxyl groups is 1. The van der Waals surface area contributed by atoms with Crippen molar-refractivity contribution in [2.75, 3.05) is 6.61 Å². The van der Waals surface area contributed by atoms with E-state index in [1.807, 2.05) is 0 Å². The van der Waals surface area contributed by atoms with Gasteiger partial charge >= 0.3 is 6.03 Å². The minimum Gasteiger partial charge on any atom is -0.396 e. The average Bonchev–Trinajstić information content (AvgIpc) is 2.83. The smallest absolute Gasteiger partial charge is 0.309 e. The lowest BCUT2D eigenvalue weighted by atomic mass is 10.0. The van der Waals surface area contributed by atoms with Crippen LogP contribution in [0.15, 0.2) is 0 Å². The van der Waals surface area contributed by atoms with Gasteiger partial charge in [-0.2, -0.15) is 0 Å². The summed E-state index contributed by atoms with van der Waals surface area (Å²) < 4.78 is 0. The van der Waals surface area contributed by atoms with Crippen LogP contribution >= 0.6 is 0 Å². The number of unbranched alkanes of at least 4 members (excludes halogenated alkanes) is 27. The molecule has 0 fully saturated rings. The van der Waals surface area contributed by atoms with Crippen molar-refractivity contribution in [1.82, 2.24) is 0 Å². The van der Waals surface area contributed by atoms with E-state index in [1.54, 1.807) is 0 Å². The van der Waals surface area contributed by atoms with E-state index in [2.05, 4.69) is 18.4 Å². The Bertz CT molecular complexity index is 345. The van der Waals surface area contributed by atoms with Crippen LogP contribution in [0.25, 0.3) is 0 Å². The summed E-state index contributed by atoms with van der Waals surface area (Å²) in [5.41, 5.74) is 8.50. The van der Waals surface area contributed by atoms with E-state index >= 15 is 0 Å². The van der Waals surface area contributed by atoms with Gasteiger partial charge in [0.25, 0.3) is 0 Å². The third kappa shape index (κ3) is 43.7. The summed E-state index contributed by atoms with van der Waals surface area (Å²) in [6.07, 6.45) is 40.1. The van der Waals surface area contributed by atoms with Crippen LogP contribution in [-0.2, 0) is 0 Å². The molecule has 0 radical (unpaired) electrons. The second-order valence-electron chi connectivity index (χ2n) is 10.7. The molecule has 0 unspecified atom stereocenters. The van der Waals surface area contributed by atoms with Crippen molar-refractivity contribution >= 4 is 6.03 Å². The molecule has 0 aliphatic carbocycles. The summed E-state index contributed by atoms with van der Waals surface area (Å²) >= 11 is 0. The molecule has 2 amide bonds. The van der Waals surface area contributed by atoms with E-state index in [4.69, 9.17) is 9.90 Å². The molecule has 0 rings (SSSR count). The molecule has 0 aromatic rings. The van der Waals surface area contributed by atoms with Crippen LogP contribution in [0.5, 0.6) is 0 Å². The lowest BCUT2D eigenvalue weighted by molar-refractivity contribution is 0.256. The van der Waals surface area contributed by atoms with Crippen molar-refractivity contribution < 1.29 is 9.90 Å². The van der Waals surface area contributed by atoms with Gasteiger partial charge in [0.2, 0.25) is 0 Å². The highest BCUT2D eigenvalue weighted by Gasteiger charge is 1.96. The number of hydrogen-bond acceptors (Lipinski definition) is 2. The topological polar surface area (TPSA) is 89.3 Å². The molecular formula is C31H66N2O2. The first kappa shape index (κ1) is 36.4. The number of primary amides is 2. The Hall–Kier alpha value is -0.770. The van der Waals surface area contributed by atoms with Crippen molar-refractivity contribution in [2.24, 2.45) is 11.5 Å². The maximum Gasteiger partial charge on any atom is 0.309 e. The lowest BCUT2D eigenvalue weighted by Crippen LogP contribution is -2.18. The van der Waals surface area contributed by atoms with Gasteiger partial charge in [0, 0.05) is 6.61 Å². The number of urea groups is 1. The highest BCUT2D eigenvalue weighted by molar-refractivity contribution is 5.69. The zero-order valence-corrected chi connectivity index (χ0v) is 24.0. The zero-order valence-electron chi connectivity index (χ0n) is 24.0. The first-order valence-electron chi connectivity index (χ1n) is 15.8. The summed E-state index contributed by atoms with van der Waals surface area (Å²) in [6.45, 7) is 2.68. The molecule has 0 atom stereocenters. The predicted octanol–water partition coefficient (Wildman–Crippen LogP) is 9.95. The van der Waals surface area contributed by atoms with Crippen molar-refractivity contribution in [1.29, 1.82) is 0 Å². The summed E-state index contributed by atoms with van der Waals surface area (Å²) in [6, 6.07) is -0.833. The van der Waals surface area contributed by atoms with E-state index in [9.17, 15) is 0 Å².